The molecule has 0 spiro atoms. The van der Waals surface area contributed by atoms with Gasteiger partial charge in [-0.1, -0.05) is 0 Å². The number of alkyl halides is 3. The molecule has 0 aliphatic heterocycles. The topological polar surface area (TPSA) is 94.5 Å². The van der Waals surface area contributed by atoms with E-state index in [-0.39, 0.29) is 14.9 Å². The van der Waals surface area contributed by atoms with E-state index in [0.29, 0.717) is 0 Å². The fourth-order valence-electron chi connectivity index (χ4n) is 1.06. The molecular formula is C10H14F3IN4O. The van der Waals surface area contributed by atoms with Gasteiger partial charge in [0.05, 0.1) is 3.72 Å². The quantitative estimate of drug-likeness (QED) is 0.407. The molecule has 0 rings (SSSR count). The predicted octanol–water partition coefficient (Wildman–Crippen LogP) is 1.34. The predicted molar refractivity (Wildman–Crippen MR) is 76.6 cm³/mol. The van der Waals surface area contributed by atoms with Crippen molar-refractivity contribution in [3.8, 4) is 0 Å². The normalized spacial score (nSPS) is 15.7. The summed E-state index contributed by atoms with van der Waals surface area (Å²) >= 11 is 1.67. The first kappa shape index (κ1) is 17.9. The number of hydrogen-bond acceptors (Lipinski definition) is 5. The number of halogens is 4. The van der Waals surface area contributed by atoms with Crippen LogP contribution in [-0.4, -0.2) is 40.9 Å². The molecule has 0 fully saturated rings. The zero-order valence-corrected chi connectivity index (χ0v) is 12.2. The molecule has 5 N–H and O–H groups in total. The van der Waals surface area contributed by atoms with E-state index in [9.17, 15) is 18.3 Å². The fraction of sp³-hybridized carbons (Fsp3) is 0.400. The van der Waals surface area contributed by atoms with Crippen molar-refractivity contribution in [2.75, 3.05) is 13.6 Å². The summed E-state index contributed by atoms with van der Waals surface area (Å²) in [7, 11) is 1.57. The number of nitrogens with two attached hydrogens (primary N) is 1. The van der Waals surface area contributed by atoms with Crippen LogP contribution in [0.3, 0.4) is 0 Å². The Bertz CT molecular complexity index is 404. The van der Waals surface area contributed by atoms with Crippen LogP contribution < -0.4 is 11.1 Å². The first-order chi connectivity index (χ1) is 8.72. The van der Waals surface area contributed by atoms with Gasteiger partial charge in [-0.2, -0.15) is 13.2 Å². The second-order valence-corrected chi connectivity index (χ2v) is 4.44. The molecule has 0 radical (unpaired) electrons. The highest BCUT2D eigenvalue weighted by Crippen LogP contribution is 2.16. The summed E-state index contributed by atoms with van der Waals surface area (Å²) in [5.41, 5.74) is 5.40. The van der Waals surface area contributed by atoms with Gasteiger partial charge < -0.3 is 16.2 Å². The monoisotopic (exact) mass is 390 g/mol. The van der Waals surface area contributed by atoms with Crippen molar-refractivity contribution in [2.24, 2.45) is 10.7 Å². The molecule has 9 heteroatoms. The van der Waals surface area contributed by atoms with Gasteiger partial charge >= 0.3 is 6.18 Å². The molecule has 0 aliphatic carbocycles. The van der Waals surface area contributed by atoms with Crippen LogP contribution in [0.25, 0.3) is 0 Å². The fourth-order valence-corrected chi connectivity index (χ4v) is 1.51. The Morgan fingerprint density at radius 2 is 2.16 bits per heavy atom. The molecule has 0 heterocycles. The first-order valence-corrected chi connectivity index (χ1v) is 6.09. The van der Waals surface area contributed by atoms with Crippen LogP contribution in [0.15, 0.2) is 28.5 Å². The van der Waals surface area contributed by atoms with Crippen molar-refractivity contribution in [3.05, 3.63) is 23.5 Å². The van der Waals surface area contributed by atoms with E-state index < -0.39 is 18.8 Å². The third kappa shape index (κ3) is 7.15. The van der Waals surface area contributed by atoms with Crippen molar-refractivity contribution in [1.82, 2.24) is 5.32 Å². The van der Waals surface area contributed by atoms with Gasteiger partial charge in [0.1, 0.15) is 12.6 Å². The van der Waals surface area contributed by atoms with Crippen molar-refractivity contribution in [1.29, 1.82) is 5.41 Å². The highest BCUT2D eigenvalue weighted by atomic mass is 127. The van der Waals surface area contributed by atoms with Crippen LogP contribution >= 0.6 is 22.6 Å². The molecule has 1 unspecified atom stereocenters. The lowest BCUT2D eigenvalue weighted by molar-refractivity contribution is -0.118. The summed E-state index contributed by atoms with van der Waals surface area (Å²) in [6.45, 7) is -1.36. The van der Waals surface area contributed by atoms with Crippen LogP contribution in [0.4, 0.5) is 13.2 Å². The Kier molecular flexibility index (Phi) is 7.68. The molecule has 0 aromatic heterocycles. The number of hydrogen-bond donors (Lipinski definition) is 4. The molecule has 108 valence electrons. The van der Waals surface area contributed by atoms with E-state index in [2.05, 4.69) is 10.3 Å². The average molecular weight is 390 g/mol. The minimum absolute atomic E-state index is 0.0211. The number of aliphatic imine (C=N–C) groups is 1. The van der Waals surface area contributed by atoms with E-state index in [0.717, 1.165) is 12.4 Å². The van der Waals surface area contributed by atoms with E-state index in [1.807, 2.05) is 0 Å². The third-order valence-electron chi connectivity index (χ3n) is 1.87. The van der Waals surface area contributed by atoms with Crippen molar-refractivity contribution in [2.45, 2.75) is 12.3 Å². The van der Waals surface area contributed by atoms with Crippen molar-refractivity contribution in [3.63, 3.8) is 0 Å². The molecule has 0 amide bonds. The molecular weight excluding hydrogens is 376 g/mol. The minimum Gasteiger partial charge on any atom is -0.404 e. The standard InChI is InChI=1S/C10H14F3IN4O/c1-17-4-7(9(14)16)8(19)6(2-15)3-18-5-10(11,12)13/h2-4,8,16-17,19H,5,15H2,1H3/b6-2?,7-4-,16-9?,18-3?. The zero-order valence-electron chi connectivity index (χ0n) is 10.0. The SMILES string of the molecule is CN/C=C(\C(=N)I)C(O)C(C=NCC(F)(F)F)=CN. The van der Waals surface area contributed by atoms with Gasteiger partial charge in [0, 0.05) is 36.8 Å². The maximum Gasteiger partial charge on any atom is 0.407 e. The maximum absolute atomic E-state index is 11.9. The van der Waals surface area contributed by atoms with Gasteiger partial charge in [0.2, 0.25) is 0 Å². The molecule has 5 nitrogen and oxygen atoms in total. The summed E-state index contributed by atoms with van der Waals surface area (Å²) in [4.78, 5) is 3.16. The van der Waals surface area contributed by atoms with E-state index in [1.165, 1.54) is 6.20 Å². The summed E-state index contributed by atoms with van der Waals surface area (Å²) < 4.78 is 35.8. The van der Waals surface area contributed by atoms with Gasteiger partial charge in [-0.05, 0) is 22.6 Å². The summed E-state index contributed by atoms with van der Waals surface area (Å²) in [5, 5.41) is 20.0. The number of nitrogens with zero attached hydrogens (tertiary/aromatic N) is 1. The van der Waals surface area contributed by atoms with E-state index in [1.54, 1.807) is 29.6 Å². The van der Waals surface area contributed by atoms with Crippen LogP contribution in [0.5, 0.6) is 0 Å². The Morgan fingerprint density at radius 3 is 2.53 bits per heavy atom. The highest BCUT2D eigenvalue weighted by Gasteiger charge is 2.26. The van der Waals surface area contributed by atoms with Crippen molar-refractivity contribution < 1.29 is 18.3 Å². The largest absolute Gasteiger partial charge is 0.407 e. The van der Waals surface area contributed by atoms with Gasteiger partial charge in [-0.15, -0.1) is 0 Å². The van der Waals surface area contributed by atoms with Crippen LogP contribution in [0.2, 0.25) is 0 Å². The lowest BCUT2D eigenvalue weighted by Gasteiger charge is -2.14. The Morgan fingerprint density at radius 1 is 1.58 bits per heavy atom. The number of rotatable bonds is 6. The molecule has 0 aromatic carbocycles. The van der Waals surface area contributed by atoms with Crippen LogP contribution in [0, 0.1) is 5.41 Å². The second-order valence-electron chi connectivity index (χ2n) is 3.36. The molecule has 0 saturated heterocycles. The maximum atomic E-state index is 11.9. The Balaban J connectivity index is 4.97. The minimum atomic E-state index is -4.42. The third-order valence-corrected chi connectivity index (χ3v) is 2.49. The highest BCUT2D eigenvalue weighted by molar-refractivity contribution is 14.1. The van der Waals surface area contributed by atoms with Gasteiger partial charge in [-0.3, -0.25) is 10.4 Å². The summed E-state index contributed by atoms with van der Waals surface area (Å²) in [5.74, 6) is 0. The number of aliphatic hydroxyl groups is 1. The molecule has 1 atom stereocenters. The lowest BCUT2D eigenvalue weighted by atomic mass is 10.1. The van der Waals surface area contributed by atoms with Gasteiger partial charge in [0.25, 0.3) is 0 Å². The lowest BCUT2D eigenvalue weighted by Crippen LogP contribution is -2.21. The van der Waals surface area contributed by atoms with E-state index in [4.69, 9.17) is 11.1 Å². The second kappa shape index (κ2) is 8.15. The Hall–Kier alpha value is -1.10. The smallest absolute Gasteiger partial charge is 0.404 e. The van der Waals surface area contributed by atoms with Gasteiger partial charge in [-0.25, -0.2) is 0 Å². The summed E-state index contributed by atoms with van der Waals surface area (Å²) in [6, 6.07) is 0. The number of aliphatic hydroxyl groups excluding tert-OH is 1. The molecule has 0 bridgehead atoms. The first-order valence-electron chi connectivity index (χ1n) is 5.01. The summed E-state index contributed by atoms with van der Waals surface area (Å²) in [6.07, 6.45) is -2.57. The van der Waals surface area contributed by atoms with Gasteiger partial charge in [0.15, 0.2) is 0 Å². The van der Waals surface area contributed by atoms with Crippen LogP contribution in [0.1, 0.15) is 0 Å². The average Bonchev–Trinajstić information content (AvgIpc) is 2.29. The zero-order chi connectivity index (χ0) is 15.1. The van der Waals surface area contributed by atoms with Crippen LogP contribution in [-0.2, 0) is 0 Å². The molecule has 0 aliphatic rings. The Labute approximate surface area is 122 Å². The molecule has 0 aromatic rings. The van der Waals surface area contributed by atoms with Crippen molar-refractivity contribution >= 4 is 32.5 Å². The van der Waals surface area contributed by atoms with E-state index >= 15 is 0 Å². The molecule has 19 heavy (non-hydrogen) atoms. The molecule has 0 saturated carbocycles. The number of nitrogens with one attached hydrogen (secondary N) is 2.